The standard InChI is InChI=1S/C24H30N2O3/c1-3-22-21(16-25)20-15-19(29-14-8-11-24(27)28-4-2)12-13-23(20)26(22)17-18-9-6-5-7-10-18/h5-7,9-10,12-13,15H,3-4,8,11,14,16-17,25H2,1-2H3. The second-order valence-electron chi connectivity index (χ2n) is 6.99. The van der Waals surface area contributed by atoms with Crippen molar-refractivity contribution in [1.29, 1.82) is 0 Å². The molecule has 0 saturated carbocycles. The van der Waals surface area contributed by atoms with E-state index in [1.807, 2.05) is 19.1 Å². The number of nitrogens with zero attached hydrogens (tertiary/aromatic N) is 1. The average Bonchev–Trinajstić information content (AvgIpc) is 3.04. The second kappa shape index (κ2) is 10.1. The van der Waals surface area contributed by atoms with Crippen molar-refractivity contribution in [3.8, 4) is 5.75 Å². The van der Waals surface area contributed by atoms with Crippen molar-refractivity contribution < 1.29 is 14.3 Å². The van der Waals surface area contributed by atoms with Crippen LogP contribution in [0.2, 0.25) is 0 Å². The zero-order valence-corrected chi connectivity index (χ0v) is 17.3. The number of fused-ring (bicyclic) bond motifs is 1. The quantitative estimate of drug-likeness (QED) is 0.408. The summed E-state index contributed by atoms with van der Waals surface area (Å²) in [5.41, 5.74) is 11.0. The van der Waals surface area contributed by atoms with E-state index in [1.165, 1.54) is 22.3 Å². The molecule has 2 N–H and O–H groups in total. The van der Waals surface area contributed by atoms with Crippen LogP contribution in [-0.2, 0) is 29.0 Å². The summed E-state index contributed by atoms with van der Waals surface area (Å²) in [5.74, 6) is 0.623. The van der Waals surface area contributed by atoms with E-state index in [9.17, 15) is 4.79 Å². The monoisotopic (exact) mass is 394 g/mol. The zero-order chi connectivity index (χ0) is 20.6. The van der Waals surface area contributed by atoms with Crippen LogP contribution in [0.3, 0.4) is 0 Å². The molecular formula is C24H30N2O3. The largest absolute Gasteiger partial charge is 0.494 e. The molecule has 0 amide bonds. The number of aromatic nitrogens is 1. The zero-order valence-electron chi connectivity index (χ0n) is 17.3. The van der Waals surface area contributed by atoms with Crippen molar-refractivity contribution in [3.63, 3.8) is 0 Å². The number of rotatable bonds is 10. The summed E-state index contributed by atoms with van der Waals surface area (Å²) in [7, 11) is 0. The number of nitrogens with two attached hydrogens (primary N) is 1. The number of carbonyl (C=O) groups excluding carboxylic acids is 1. The second-order valence-corrected chi connectivity index (χ2v) is 6.99. The molecule has 1 aromatic heterocycles. The summed E-state index contributed by atoms with van der Waals surface area (Å²) < 4.78 is 13.2. The molecule has 0 fully saturated rings. The number of hydrogen-bond acceptors (Lipinski definition) is 4. The van der Waals surface area contributed by atoms with Gasteiger partial charge in [-0.25, -0.2) is 0 Å². The highest BCUT2D eigenvalue weighted by Crippen LogP contribution is 2.31. The average molecular weight is 395 g/mol. The summed E-state index contributed by atoms with van der Waals surface area (Å²) in [4.78, 5) is 11.4. The van der Waals surface area contributed by atoms with Crippen molar-refractivity contribution in [3.05, 3.63) is 65.4 Å². The Hall–Kier alpha value is -2.79. The van der Waals surface area contributed by atoms with Crippen molar-refractivity contribution >= 4 is 16.9 Å². The normalized spacial score (nSPS) is 11.0. The molecule has 29 heavy (non-hydrogen) atoms. The van der Waals surface area contributed by atoms with Crippen LogP contribution in [0.1, 0.15) is 43.5 Å². The minimum absolute atomic E-state index is 0.178. The van der Waals surface area contributed by atoms with Gasteiger partial charge in [0.2, 0.25) is 0 Å². The Morgan fingerprint density at radius 1 is 1.10 bits per heavy atom. The molecule has 0 bridgehead atoms. The molecule has 5 heteroatoms. The molecule has 0 atom stereocenters. The van der Waals surface area contributed by atoms with Crippen LogP contribution >= 0.6 is 0 Å². The van der Waals surface area contributed by atoms with Crippen LogP contribution in [0.4, 0.5) is 0 Å². The van der Waals surface area contributed by atoms with E-state index in [0.717, 1.165) is 24.1 Å². The lowest BCUT2D eigenvalue weighted by Crippen LogP contribution is -2.06. The molecule has 0 aliphatic heterocycles. The maximum absolute atomic E-state index is 11.4. The van der Waals surface area contributed by atoms with E-state index in [2.05, 4.69) is 47.9 Å². The van der Waals surface area contributed by atoms with Crippen molar-refractivity contribution in [2.24, 2.45) is 5.73 Å². The summed E-state index contributed by atoms with van der Waals surface area (Å²) in [6, 6.07) is 16.6. The van der Waals surface area contributed by atoms with Gasteiger partial charge in [0.15, 0.2) is 0 Å². The molecule has 1 heterocycles. The number of esters is 1. The third kappa shape index (κ3) is 4.98. The van der Waals surface area contributed by atoms with Gasteiger partial charge in [0.25, 0.3) is 0 Å². The van der Waals surface area contributed by atoms with Crippen molar-refractivity contribution in [1.82, 2.24) is 4.57 Å². The fourth-order valence-electron chi connectivity index (χ4n) is 3.76. The Morgan fingerprint density at radius 2 is 1.90 bits per heavy atom. The van der Waals surface area contributed by atoms with Crippen LogP contribution in [0.25, 0.3) is 10.9 Å². The fraction of sp³-hybridized carbons (Fsp3) is 0.375. The fourth-order valence-corrected chi connectivity index (χ4v) is 3.76. The smallest absolute Gasteiger partial charge is 0.305 e. The molecule has 2 aromatic carbocycles. The molecule has 3 rings (SSSR count). The van der Waals surface area contributed by atoms with Gasteiger partial charge < -0.3 is 19.8 Å². The Morgan fingerprint density at radius 3 is 2.59 bits per heavy atom. The minimum Gasteiger partial charge on any atom is -0.494 e. The SMILES string of the molecule is CCOC(=O)CCCOc1ccc2c(c1)c(CN)c(CC)n2Cc1ccccc1. The molecular weight excluding hydrogens is 364 g/mol. The van der Waals surface area contributed by atoms with E-state index in [0.29, 0.717) is 32.6 Å². The lowest BCUT2D eigenvalue weighted by molar-refractivity contribution is -0.143. The van der Waals surface area contributed by atoms with Gasteiger partial charge in [0, 0.05) is 36.1 Å². The predicted molar refractivity (Wildman–Crippen MR) is 116 cm³/mol. The first-order chi connectivity index (χ1) is 14.2. The molecule has 0 unspecified atom stereocenters. The van der Waals surface area contributed by atoms with Crippen LogP contribution in [-0.4, -0.2) is 23.8 Å². The summed E-state index contributed by atoms with van der Waals surface area (Å²) in [6.07, 6.45) is 1.93. The third-order valence-corrected chi connectivity index (χ3v) is 5.08. The van der Waals surface area contributed by atoms with Gasteiger partial charge in [-0.3, -0.25) is 4.79 Å². The van der Waals surface area contributed by atoms with Gasteiger partial charge in [-0.1, -0.05) is 37.3 Å². The van der Waals surface area contributed by atoms with Crippen molar-refractivity contribution in [2.75, 3.05) is 13.2 Å². The Kier molecular flexibility index (Phi) is 7.30. The van der Waals surface area contributed by atoms with Gasteiger partial charge in [-0.15, -0.1) is 0 Å². The minimum atomic E-state index is -0.178. The van der Waals surface area contributed by atoms with E-state index >= 15 is 0 Å². The van der Waals surface area contributed by atoms with Gasteiger partial charge in [-0.2, -0.15) is 0 Å². The van der Waals surface area contributed by atoms with E-state index in [-0.39, 0.29) is 5.97 Å². The number of benzene rings is 2. The number of hydrogen-bond donors (Lipinski definition) is 1. The van der Waals surface area contributed by atoms with Crippen LogP contribution in [0.5, 0.6) is 5.75 Å². The maximum atomic E-state index is 11.4. The molecule has 0 spiro atoms. The van der Waals surface area contributed by atoms with E-state index in [1.54, 1.807) is 0 Å². The van der Waals surface area contributed by atoms with E-state index < -0.39 is 0 Å². The lowest BCUT2D eigenvalue weighted by atomic mass is 10.1. The number of ether oxygens (including phenoxy) is 2. The highest BCUT2D eigenvalue weighted by atomic mass is 16.5. The molecule has 154 valence electrons. The first-order valence-corrected chi connectivity index (χ1v) is 10.3. The van der Waals surface area contributed by atoms with Crippen molar-refractivity contribution in [2.45, 2.75) is 46.2 Å². The summed E-state index contributed by atoms with van der Waals surface area (Å²) in [6.45, 7) is 6.19. The third-order valence-electron chi connectivity index (χ3n) is 5.08. The molecule has 0 saturated heterocycles. The topological polar surface area (TPSA) is 66.5 Å². The van der Waals surface area contributed by atoms with Crippen LogP contribution in [0, 0.1) is 0 Å². The van der Waals surface area contributed by atoms with Crippen LogP contribution in [0.15, 0.2) is 48.5 Å². The Balaban J connectivity index is 1.81. The van der Waals surface area contributed by atoms with Gasteiger partial charge in [-0.05, 0) is 49.1 Å². The van der Waals surface area contributed by atoms with Gasteiger partial charge >= 0.3 is 5.97 Å². The highest BCUT2D eigenvalue weighted by Gasteiger charge is 2.16. The molecule has 3 aromatic rings. The molecule has 5 nitrogen and oxygen atoms in total. The molecule has 0 aliphatic carbocycles. The Labute approximate surface area is 172 Å². The van der Waals surface area contributed by atoms with Crippen LogP contribution < -0.4 is 10.5 Å². The van der Waals surface area contributed by atoms with Gasteiger partial charge in [0.05, 0.1) is 13.2 Å². The maximum Gasteiger partial charge on any atom is 0.305 e. The first kappa shape index (κ1) is 20.9. The van der Waals surface area contributed by atoms with E-state index in [4.69, 9.17) is 15.2 Å². The highest BCUT2D eigenvalue weighted by molar-refractivity contribution is 5.87. The summed E-state index contributed by atoms with van der Waals surface area (Å²) in [5, 5.41) is 1.14. The molecule has 0 radical (unpaired) electrons. The predicted octanol–water partition coefficient (Wildman–Crippen LogP) is 4.43. The lowest BCUT2D eigenvalue weighted by Gasteiger charge is -2.11. The number of carbonyl (C=O) groups is 1. The summed E-state index contributed by atoms with van der Waals surface area (Å²) >= 11 is 0. The van der Waals surface area contributed by atoms with Gasteiger partial charge in [0.1, 0.15) is 5.75 Å². The molecule has 0 aliphatic rings. The Bertz CT molecular complexity index is 948. The first-order valence-electron chi connectivity index (χ1n) is 10.3.